The van der Waals surface area contributed by atoms with Crippen LogP contribution in [-0.4, -0.2) is 33.0 Å². The third-order valence-corrected chi connectivity index (χ3v) is 7.12. The highest BCUT2D eigenvalue weighted by molar-refractivity contribution is 8.15. The van der Waals surface area contributed by atoms with Crippen LogP contribution in [0.5, 0.6) is 0 Å². The zero-order valence-corrected chi connectivity index (χ0v) is 20.1. The molecule has 3 aromatic carbocycles. The number of aliphatic imine (C=N–C) groups is 1. The van der Waals surface area contributed by atoms with Crippen molar-refractivity contribution in [1.82, 2.24) is 5.01 Å². The number of anilines is 1. The summed E-state index contributed by atoms with van der Waals surface area (Å²) in [7, 11) is 0. The van der Waals surface area contributed by atoms with Gasteiger partial charge in [-0.3, -0.25) is 9.59 Å². The first-order valence-electron chi connectivity index (χ1n) is 11.4. The average molecular weight is 505 g/mol. The molecule has 2 heterocycles. The summed E-state index contributed by atoms with van der Waals surface area (Å²) in [6.45, 7) is 2.02. The van der Waals surface area contributed by atoms with Crippen molar-refractivity contribution in [2.24, 2.45) is 10.1 Å². The Hall–Kier alpha value is -3.85. The lowest BCUT2D eigenvalue weighted by Gasteiger charge is -2.23. The Morgan fingerprint density at radius 2 is 1.81 bits per heavy atom. The number of rotatable bonds is 5. The van der Waals surface area contributed by atoms with Gasteiger partial charge >= 0.3 is 0 Å². The number of hydrazone groups is 1. The lowest BCUT2D eigenvalue weighted by Crippen LogP contribution is -2.25. The van der Waals surface area contributed by atoms with Crippen molar-refractivity contribution >= 4 is 40.1 Å². The van der Waals surface area contributed by atoms with Crippen LogP contribution in [0.2, 0.25) is 0 Å². The lowest BCUT2D eigenvalue weighted by molar-refractivity contribution is -0.121. The second-order valence-electron chi connectivity index (χ2n) is 8.61. The third kappa shape index (κ3) is 5.06. The molecule has 0 fully saturated rings. The summed E-state index contributed by atoms with van der Waals surface area (Å²) in [5, 5.41) is 8.79. The minimum absolute atomic E-state index is 0.117. The predicted octanol–water partition coefficient (Wildman–Crippen LogP) is 5.45. The van der Waals surface area contributed by atoms with Crippen molar-refractivity contribution in [2.45, 2.75) is 31.1 Å². The molecule has 3 aromatic rings. The monoisotopic (exact) mass is 504 g/mol. The first kappa shape index (κ1) is 23.9. The van der Waals surface area contributed by atoms with Crippen LogP contribution < -0.4 is 5.32 Å². The number of carbonyl (C=O) groups excluding carboxylic acids is 2. The molecule has 0 saturated carbocycles. The molecular formula is C27H22F2N4O2S. The van der Waals surface area contributed by atoms with Gasteiger partial charge in [0.1, 0.15) is 5.25 Å². The highest BCUT2D eigenvalue weighted by Gasteiger charge is 2.39. The molecule has 9 heteroatoms. The van der Waals surface area contributed by atoms with E-state index in [4.69, 9.17) is 5.10 Å². The van der Waals surface area contributed by atoms with Gasteiger partial charge in [-0.05, 0) is 30.2 Å². The summed E-state index contributed by atoms with van der Waals surface area (Å²) in [5.74, 6) is -2.99. The van der Waals surface area contributed by atoms with E-state index >= 15 is 0 Å². The van der Waals surface area contributed by atoms with Crippen LogP contribution >= 0.6 is 11.8 Å². The number of amidine groups is 1. The number of benzene rings is 3. The van der Waals surface area contributed by atoms with Gasteiger partial charge in [0.2, 0.25) is 5.91 Å². The van der Waals surface area contributed by atoms with Crippen LogP contribution in [0.4, 0.5) is 14.5 Å². The van der Waals surface area contributed by atoms with E-state index in [1.165, 1.54) is 17.8 Å². The number of amides is 2. The van der Waals surface area contributed by atoms with E-state index in [9.17, 15) is 18.4 Å². The first-order valence-corrected chi connectivity index (χ1v) is 12.3. The summed E-state index contributed by atoms with van der Waals surface area (Å²) in [5.41, 5.74) is 4.19. The maximum atomic E-state index is 13.5. The number of carbonyl (C=O) groups is 2. The van der Waals surface area contributed by atoms with Gasteiger partial charge in [0.05, 0.1) is 11.8 Å². The van der Waals surface area contributed by atoms with Crippen molar-refractivity contribution < 1.29 is 18.4 Å². The van der Waals surface area contributed by atoms with Crippen LogP contribution in [0.3, 0.4) is 0 Å². The first-order chi connectivity index (χ1) is 17.4. The number of hydrogen-bond acceptors (Lipinski definition) is 5. The maximum Gasteiger partial charge on any atom is 0.262 e. The molecule has 2 unspecified atom stereocenters. The van der Waals surface area contributed by atoms with Gasteiger partial charge in [-0.2, -0.15) is 10.1 Å². The number of halogens is 2. The highest BCUT2D eigenvalue weighted by atomic mass is 32.2. The molecule has 5 rings (SSSR count). The fourth-order valence-corrected chi connectivity index (χ4v) is 5.16. The van der Waals surface area contributed by atoms with Gasteiger partial charge in [-0.1, -0.05) is 71.9 Å². The summed E-state index contributed by atoms with van der Waals surface area (Å²) in [6, 6.07) is 21.0. The van der Waals surface area contributed by atoms with E-state index in [1.54, 1.807) is 5.01 Å². The number of nitrogens with zero attached hydrogens (tertiary/aromatic N) is 3. The van der Waals surface area contributed by atoms with Crippen LogP contribution in [0.1, 0.15) is 35.6 Å². The Morgan fingerprint density at radius 3 is 2.53 bits per heavy atom. The van der Waals surface area contributed by atoms with Crippen molar-refractivity contribution in [1.29, 1.82) is 0 Å². The largest absolute Gasteiger partial charge is 0.326 e. The second kappa shape index (κ2) is 10.0. The van der Waals surface area contributed by atoms with Crippen molar-refractivity contribution in [3.63, 3.8) is 0 Å². The Bertz CT molecular complexity index is 1380. The highest BCUT2D eigenvalue weighted by Crippen LogP contribution is 2.38. The molecule has 2 aliphatic heterocycles. The van der Waals surface area contributed by atoms with Crippen molar-refractivity contribution in [3.8, 4) is 0 Å². The van der Waals surface area contributed by atoms with Crippen LogP contribution in [-0.2, 0) is 9.59 Å². The Morgan fingerprint density at radius 1 is 1.06 bits per heavy atom. The molecule has 0 bridgehead atoms. The van der Waals surface area contributed by atoms with Crippen LogP contribution in [0, 0.1) is 18.6 Å². The Kier molecular flexibility index (Phi) is 6.65. The number of nitrogens with one attached hydrogen (secondary N) is 1. The van der Waals surface area contributed by atoms with Gasteiger partial charge in [0.15, 0.2) is 16.8 Å². The molecule has 36 heavy (non-hydrogen) atoms. The van der Waals surface area contributed by atoms with E-state index in [0.717, 1.165) is 34.5 Å². The fraction of sp³-hybridized carbons (Fsp3) is 0.185. The van der Waals surface area contributed by atoms with E-state index < -0.39 is 28.7 Å². The molecule has 0 saturated heterocycles. The standard InChI is InChI=1S/C27H22F2N4O2S/c1-16-7-9-18(10-8-16)23-14-22(17-5-3-2-4-6-17)32-33(23)27-31-26(35)24(36-27)15-25(34)30-19-11-12-20(28)21(29)13-19/h2-13,23-24H,14-15H2,1H3,(H,30,34). The Balaban J connectivity index is 1.33. The van der Waals surface area contributed by atoms with Gasteiger partial charge in [0.25, 0.3) is 5.91 Å². The molecule has 2 amide bonds. The maximum absolute atomic E-state index is 13.5. The normalized spacial score (nSPS) is 19.3. The minimum Gasteiger partial charge on any atom is -0.326 e. The van der Waals surface area contributed by atoms with Crippen molar-refractivity contribution in [3.05, 3.63) is 101 Å². The topological polar surface area (TPSA) is 74.1 Å². The van der Waals surface area contributed by atoms with Gasteiger partial charge in [0, 0.05) is 24.6 Å². The molecule has 1 N–H and O–H groups in total. The third-order valence-electron chi connectivity index (χ3n) is 5.98. The van der Waals surface area contributed by atoms with Gasteiger partial charge in [-0.15, -0.1) is 0 Å². The molecule has 2 atom stereocenters. The molecular weight excluding hydrogens is 482 g/mol. The average Bonchev–Trinajstić information content (AvgIpc) is 3.46. The molecule has 2 aliphatic rings. The number of hydrogen-bond donors (Lipinski definition) is 1. The summed E-state index contributed by atoms with van der Waals surface area (Å²) in [4.78, 5) is 29.4. The summed E-state index contributed by atoms with van der Waals surface area (Å²) in [6.07, 6.45) is 0.482. The van der Waals surface area contributed by atoms with Gasteiger partial charge in [-0.25, -0.2) is 13.8 Å². The second-order valence-corrected chi connectivity index (χ2v) is 9.78. The zero-order chi connectivity index (χ0) is 25.2. The Labute approximate surface area is 211 Å². The molecule has 6 nitrogen and oxygen atoms in total. The van der Waals surface area contributed by atoms with Gasteiger partial charge < -0.3 is 5.32 Å². The molecule has 0 aliphatic carbocycles. The summed E-state index contributed by atoms with van der Waals surface area (Å²) >= 11 is 1.18. The molecule has 182 valence electrons. The fourth-order valence-electron chi connectivity index (χ4n) is 4.10. The quantitative estimate of drug-likeness (QED) is 0.501. The predicted molar refractivity (Wildman–Crippen MR) is 137 cm³/mol. The number of aryl methyl sites for hydroxylation is 1. The summed E-state index contributed by atoms with van der Waals surface area (Å²) < 4.78 is 26.6. The molecule has 0 spiro atoms. The van der Waals surface area contributed by atoms with Crippen LogP contribution in [0.15, 0.2) is 82.9 Å². The SMILES string of the molecule is Cc1ccc(C2CC(c3ccccc3)=NN2C2=NC(=O)C(CC(=O)Nc3ccc(F)c(F)c3)S2)cc1. The molecule has 0 radical (unpaired) electrons. The van der Waals surface area contributed by atoms with Crippen LogP contribution in [0.25, 0.3) is 0 Å². The zero-order valence-electron chi connectivity index (χ0n) is 19.3. The van der Waals surface area contributed by atoms with Crippen molar-refractivity contribution in [2.75, 3.05) is 5.32 Å². The smallest absolute Gasteiger partial charge is 0.262 e. The lowest BCUT2D eigenvalue weighted by atomic mass is 9.98. The van der Waals surface area contributed by atoms with E-state index in [2.05, 4.69) is 10.3 Å². The van der Waals surface area contributed by atoms with E-state index in [-0.39, 0.29) is 18.2 Å². The van der Waals surface area contributed by atoms with E-state index in [0.29, 0.717) is 11.6 Å². The number of thioether (sulfide) groups is 1. The molecule has 0 aromatic heterocycles. The minimum atomic E-state index is -1.06. The van der Waals surface area contributed by atoms with E-state index in [1.807, 2.05) is 61.5 Å².